The quantitative estimate of drug-likeness (QED) is 0.224. The molecule has 0 saturated heterocycles. The van der Waals surface area contributed by atoms with Crippen LogP contribution in [0.25, 0.3) is 0 Å². The number of rotatable bonds is 12. The van der Waals surface area contributed by atoms with Crippen LogP contribution in [0.4, 0.5) is 0 Å². The van der Waals surface area contributed by atoms with E-state index in [0.29, 0.717) is 19.4 Å². The molecule has 0 aromatic heterocycles. The maximum absolute atomic E-state index is 10.6. The first-order valence-corrected chi connectivity index (χ1v) is 12.4. The molecular formula is C23H33NO6Si. The lowest BCUT2D eigenvalue weighted by Gasteiger charge is -2.43. The lowest BCUT2D eigenvalue weighted by molar-refractivity contribution is -0.761. The van der Waals surface area contributed by atoms with Gasteiger partial charge in [-0.1, -0.05) is 81.4 Å². The van der Waals surface area contributed by atoms with Crippen LogP contribution in [0, 0.1) is 15.5 Å². The van der Waals surface area contributed by atoms with E-state index in [1.165, 1.54) is 10.4 Å². The number of nitrogens with zero attached hydrogens (tertiary/aromatic N) is 1. The van der Waals surface area contributed by atoms with Crippen LogP contribution in [-0.2, 0) is 9.26 Å². The molecule has 0 bridgehead atoms. The summed E-state index contributed by atoms with van der Waals surface area (Å²) in [7, 11) is -2.67. The van der Waals surface area contributed by atoms with Gasteiger partial charge in [0.25, 0.3) is 13.4 Å². The highest BCUT2D eigenvalue weighted by Gasteiger charge is 2.50. The molecule has 0 fully saturated rings. The van der Waals surface area contributed by atoms with Crippen molar-refractivity contribution in [2.24, 2.45) is 5.41 Å². The molecule has 0 saturated carbocycles. The first-order valence-electron chi connectivity index (χ1n) is 10.4. The summed E-state index contributed by atoms with van der Waals surface area (Å²) >= 11 is 0. The predicted molar refractivity (Wildman–Crippen MR) is 122 cm³/mol. The van der Waals surface area contributed by atoms with E-state index in [4.69, 9.17) is 4.43 Å². The molecule has 0 heterocycles. The molecule has 2 aromatic rings. The Morgan fingerprint density at radius 3 is 1.81 bits per heavy atom. The Bertz CT molecular complexity index is 766. The van der Waals surface area contributed by atoms with Crippen LogP contribution in [0.2, 0.25) is 5.04 Å². The highest BCUT2D eigenvalue weighted by Crippen LogP contribution is 2.37. The smallest absolute Gasteiger partial charge is 0.294 e. The van der Waals surface area contributed by atoms with Crippen LogP contribution in [0.1, 0.15) is 33.6 Å². The maximum atomic E-state index is 10.6. The van der Waals surface area contributed by atoms with E-state index in [-0.39, 0.29) is 11.6 Å². The fraction of sp³-hybridized carbons (Fsp3) is 0.478. The van der Waals surface area contributed by atoms with Gasteiger partial charge in [-0.05, 0) is 28.3 Å². The molecule has 0 unspecified atom stereocenters. The summed E-state index contributed by atoms with van der Waals surface area (Å²) in [6.45, 7) is 5.80. The monoisotopic (exact) mass is 447 g/mol. The fourth-order valence-electron chi connectivity index (χ4n) is 4.00. The van der Waals surface area contributed by atoms with Gasteiger partial charge in [-0.25, -0.2) is 0 Å². The molecule has 7 nitrogen and oxygen atoms in total. The normalized spacial score (nSPS) is 12.5. The summed E-state index contributed by atoms with van der Waals surface area (Å²) in [5.74, 6) is 0. The Hall–Kier alpha value is -2.26. The second-order valence-corrected chi connectivity index (χ2v) is 13.2. The topological polar surface area (TPSA) is 102 Å². The number of hydrogen-bond acceptors (Lipinski definition) is 6. The molecule has 170 valence electrons. The second kappa shape index (κ2) is 10.9. The summed E-state index contributed by atoms with van der Waals surface area (Å²) in [4.78, 5) is 15.0. The van der Waals surface area contributed by atoms with E-state index in [0.717, 1.165) is 0 Å². The van der Waals surface area contributed by atoms with Crippen LogP contribution in [0.3, 0.4) is 0 Å². The third-order valence-corrected chi connectivity index (χ3v) is 10.8. The molecule has 2 rings (SSSR count). The van der Waals surface area contributed by atoms with Crippen LogP contribution in [-0.4, -0.2) is 50.0 Å². The number of aliphatic hydroxyl groups excluding tert-OH is 2. The van der Waals surface area contributed by atoms with Crippen molar-refractivity contribution in [2.75, 3.05) is 26.4 Å². The van der Waals surface area contributed by atoms with Crippen molar-refractivity contribution in [3.05, 3.63) is 70.8 Å². The highest BCUT2D eigenvalue weighted by molar-refractivity contribution is 6.99. The lowest BCUT2D eigenvalue weighted by Crippen LogP contribution is -2.66. The van der Waals surface area contributed by atoms with Crippen molar-refractivity contribution in [2.45, 2.75) is 38.7 Å². The molecule has 2 aromatic carbocycles. The van der Waals surface area contributed by atoms with Crippen LogP contribution in [0.5, 0.6) is 0 Å². The molecule has 2 N–H and O–H groups in total. The Morgan fingerprint density at radius 1 is 0.935 bits per heavy atom. The van der Waals surface area contributed by atoms with Crippen molar-refractivity contribution in [1.29, 1.82) is 0 Å². The number of aliphatic hydroxyl groups is 2. The third kappa shape index (κ3) is 5.91. The molecule has 0 aliphatic carbocycles. The first-order chi connectivity index (χ1) is 14.7. The zero-order valence-electron chi connectivity index (χ0n) is 18.5. The van der Waals surface area contributed by atoms with E-state index in [9.17, 15) is 20.3 Å². The molecule has 8 heteroatoms. The van der Waals surface area contributed by atoms with Gasteiger partial charge in [0.2, 0.25) is 0 Å². The minimum Gasteiger partial charge on any atom is -0.407 e. The lowest BCUT2D eigenvalue weighted by atomic mass is 9.86. The van der Waals surface area contributed by atoms with E-state index in [1.54, 1.807) is 0 Å². The second-order valence-electron chi connectivity index (χ2n) is 8.93. The van der Waals surface area contributed by atoms with Crippen molar-refractivity contribution >= 4 is 18.7 Å². The number of benzene rings is 2. The van der Waals surface area contributed by atoms with E-state index in [1.807, 2.05) is 36.4 Å². The zero-order chi connectivity index (χ0) is 23.0. The van der Waals surface area contributed by atoms with Gasteiger partial charge in [0.1, 0.15) is 6.61 Å². The summed E-state index contributed by atoms with van der Waals surface area (Å²) in [5, 5.41) is 31.3. The Morgan fingerprint density at radius 2 is 1.42 bits per heavy atom. The summed E-state index contributed by atoms with van der Waals surface area (Å²) in [6, 6.07) is 20.5. The van der Waals surface area contributed by atoms with Gasteiger partial charge in [-0.2, -0.15) is 0 Å². The Balaban J connectivity index is 2.28. The maximum Gasteiger partial charge on any atom is 0.294 e. The van der Waals surface area contributed by atoms with Crippen molar-refractivity contribution < 1.29 is 24.6 Å². The Kier molecular flexibility index (Phi) is 8.76. The van der Waals surface area contributed by atoms with Gasteiger partial charge in [-0.3, -0.25) is 0 Å². The molecule has 0 radical (unpaired) electrons. The van der Waals surface area contributed by atoms with Crippen LogP contribution < -0.4 is 10.4 Å². The standard InChI is InChI=1S/C23H33NO6Si/c1-22(2,3)31(20-11-6-4-7-12-20,21-13-8-5-9-14-21)30-16-10-15-23(17-25,18-26)19-29-24(27)28/h4-9,11-14,25-26H,10,15-19H2,1-3H3. The minimum atomic E-state index is -2.67. The van der Waals surface area contributed by atoms with E-state index >= 15 is 0 Å². The Labute approximate surface area is 184 Å². The van der Waals surface area contributed by atoms with Crippen molar-refractivity contribution in [3.63, 3.8) is 0 Å². The van der Waals surface area contributed by atoms with Crippen molar-refractivity contribution in [3.8, 4) is 0 Å². The zero-order valence-corrected chi connectivity index (χ0v) is 19.5. The molecule has 0 atom stereocenters. The van der Waals surface area contributed by atoms with Gasteiger partial charge < -0.3 is 19.5 Å². The summed E-state index contributed by atoms with van der Waals surface area (Å²) in [6.07, 6.45) is 0.860. The van der Waals surface area contributed by atoms with E-state index in [2.05, 4.69) is 49.9 Å². The highest BCUT2D eigenvalue weighted by atomic mass is 28.4. The first kappa shape index (κ1) is 25.0. The van der Waals surface area contributed by atoms with Crippen LogP contribution in [0.15, 0.2) is 60.7 Å². The molecular weight excluding hydrogens is 414 g/mol. The van der Waals surface area contributed by atoms with Gasteiger partial charge in [0.05, 0.1) is 13.2 Å². The minimum absolute atomic E-state index is 0.157. The average Bonchev–Trinajstić information content (AvgIpc) is 2.76. The van der Waals surface area contributed by atoms with Gasteiger partial charge >= 0.3 is 0 Å². The molecule has 0 aliphatic heterocycles. The SMILES string of the molecule is CC(C)(C)[Si](OCCCC(CO)(CO)CO[N+](=O)[O-])(c1ccccc1)c1ccccc1. The van der Waals surface area contributed by atoms with E-state index < -0.39 is 32.0 Å². The number of hydrogen-bond donors (Lipinski definition) is 2. The summed E-state index contributed by atoms with van der Waals surface area (Å²) in [5.41, 5.74) is -1.08. The average molecular weight is 448 g/mol. The van der Waals surface area contributed by atoms with Gasteiger partial charge in [0, 0.05) is 12.0 Å². The van der Waals surface area contributed by atoms with Crippen LogP contribution >= 0.6 is 0 Å². The van der Waals surface area contributed by atoms with Gasteiger partial charge in [-0.15, -0.1) is 10.1 Å². The largest absolute Gasteiger partial charge is 0.407 e. The van der Waals surface area contributed by atoms with Crippen molar-refractivity contribution in [1.82, 2.24) is 0 Å². The molecule has 0 amide bonds. The molecule has 0 spiro atoms. The fourth-order valence-corrected chi connectivity index (χ4v) is 8.60. The third-order valence-electron chi connectivity index (χ3n) is 5.73. The summed E-state index contributed by atoms with van der Waals surface area (Å²) < 4.78 is 6.78. The molecule has 31 heavy (non-hydrogen) atoms. The predicted octanol–water partition coefficient (Wildman–Crippen LogP) is 2.52. The molecule has 0 aliphatic rings. The van der Waals surface area contributed by atoms with Gasteiger partial charge in [0.15, 0.2) is 0 Å².